The van der Waals surface area contributed by atoms with Gasteiger partial charge in [-0.25, -0.2) is 0 Å². The average Bonchev–Trinajstić information content (AvgIpc) is 2.39. The van der Waals surface area contributed by atoms with Gasteiger partial charge in [0.1, 0.15) is 11.5 Å². The molecule has 0 atom stereocenters. The Balaban J connectivity index is 2.12. The molecule has 94 valence electrons. The lowest BCUT2D eigenvalue weighted by atomic mass is 9.97. The standard InChI is InChI=1S/C16H18O2/c1-2-13-4-3-5-16(18)15(13)11-8-12-6-9-14(17)10-7-12/h3-7,9-10,17-18H,2,8,11H2,1H3. The Bertz CT molecular complexity index is 515. The molecule has 0 aliphatic heterocycles. The molecule has 18 heavy (non-hydrogen) atoms. The summed E-state index contributed by atoms with van der Waals surface area (Å²) < 4.78 is 0. The Morgan fingerprint density at radius 3 is 2.28 bits per heavy atom. The first-order valence-electron chi connectivity index (χ1n) is 6.28. The molecule has 0 saturated carbocycles. The lowest BCUT2D eigenvalue weighted by molar-refractivity contribution is 0.466. The van der Waals surface area contributed by atoms with Crippen LogP contribution < -0.4 is 0 Å². The topological polar surface area (TPSA) is 40.5 Å². The minimum Gasteiger partial charge on any atom is -0.508 e. The molecule has 2 aromatic carbocycles. The first-order valence-corrected chi connectivity index (χ1v) is 6.28. The number of phenolic OH excluding ortho intramolecular Hbond substituents is 2. The Kier molecular flexibility index (Phi) is 3.88. The maximum Gasteiger partial charge on any atom is 0.119 e. The zero-order valence-electron chi connectivity index (χ0n) is 10.6. The third-order valence-electron chi connectivity index (χ3n) is 3.23. The second-order valence-corrected chi connectivity index (χ2v) is 4.43. The van der Waals surface area contributed by atoms with Crippen LogP contribution >= 0.6 is 0 Å². The fourth-order valence-electron chi connectivity index (χ4n) is 2.17. The molecular formula is C16H18O2. The Morgan fingerprint density at radius 2 is 1.61 bits per heavy atom. The number of hydrogen-bond acceptors (Lipinski definition) is 2. The highest BCUT2D eigenvalue weighted by Gasteiger charge is 2.06. The van der Waals surface area contributed by atoms with Crippen molar-refractivity contribution in [3.63, 3.8) is 0 Å². The summed E-state index contributed by atoms with van der Waals surface area (Å²) >= 11 is 0. The average molecular weight is 242 g/mol. The zero-order chi connectivity index (χ0) is 13.0. The van der Waals surface area contributed by atoms with Crippen molar-refractivity contribution in [2.24, 2.45) is 0 Å². The van der Waals surface area contributed by atoms with Crippen LogP contribution in [0.5, 0.6) is 11.5 Å². The van der Waals surface area contributed by atoms with Crippen LogP contribution in [0.1, 0.15) is 23.6 Å². The van der Waals surface area contributed by atoms with E-state index in [4.69, 9.17) is 0 Å². The Hall–Kier alpha value is -1.96. The summed E-state index contributed by atoms with van der Waals surface area (Å²) in [6.07, 6.45) is 2.62. The van der Waals surface area contributed by atoms with Crippen molar-refractivity contribution < 1.29 is 10.2 Å². The molecule has 0 aromatic heterocycles. The van der Waals surface area contributed by atoms with Crippen LogP contribution in [-0.2, 0) is 19.3 Å². The van der Waals surface area contributed by atoms with Crippen molar-refractivity contribution >= 4 is 0 Å². The monoisotopic (exact) mass is 242 g/mol. The minimum atomic E-state index is 0.288. The maximum atomic E-state index is 9.90. The molecule has 2 rings (SSSR count). The van der Waals surface area contributed by atoms with Gasteiger partial charge in [0.25, 0.3) is 0 Å². The third-order valence-corrected chi connectivity index (χ3v) is 3.23. The van der Waals surface area contributed by atoms with Crippen molar-refractivity contribution in [3.05, 3.63) is 59.2 Å². The lowest BCUT2D eigenvalue weighted by Gasteiger charge is -2.10. The van der Waals surface area contributed by atoms with E-state index in [-0.39, 0.29) is 5.75 Å². The molecule has 0 heterocycles. The van der Waals surface area contributed by atoms with Gasteiger partial charge in [-0.3, -0.25) is 0 Å². The molecule has 0 fully saturated rings. The number of hydrogen-bond donors (Lipinski definition) is 2. The van der Waals surface area contributed by atoms with Crippen LogP contribution in [0.4, 0.5) is 0 Å². The number of rotatable bonds is 4. The van der Waals surface area contributed by atoms with Crippen molar-refractivity contribution in [1.29, 1.82) is 0 Å². The number of aromatic hydroxyl groups is 2. The van der Waals surface area contributed by atoms with E-state index in [9.17, 15) is 10.2 Å². The molecule has 2 aromatic rings. The van der Waals surface area contributed by atoms with Gasteiger partial charge in [-0.2, -0.15) is 0 Å². The normalized spacial score (nSPS) is 10.5. The lowest BCUT2D eigenvalue weighted by Crippen LogP contribution is -1.97. The Morgan fingerprint density at radius 1 is 0.889 bits per heavy atom. The minimum absolute atomic E-state index is 0.288. The molecule has 0 unspecified atom stereocenters. The summed E-state index contributed by atoms with van der Waals surface area (Å²) in [6, 6.07) is 12.9. The fraction of sp³-hybridized carbons (Fsp3) is 0.250. The van der Waals surface area contributed by atoms with Gasteiger partial charge in [0.2, 0.25) is 0 Å². The van der Waals surface area contributed by atoms with E-state index in [1.165, 1.54) is 5.56 Å². The predicted molar refractivity (Wildman–Crippen MR) is 73.0 cm³/mol. The third kappa shape index (κ3) is 2.83. The van der Waals surface area contributed by atoms with Crippen molar-refractivity contribution in [2.75, 3.05) is 0 Å². The van der Waals surface area contributed by atoms with Gasteiger partial charge in [-0.1, -0.05) is 31.2 Å². The van der Waals surface area contributed by atoms with Gasteiger partial charge >= 0.3 is 0 Å². The molecule has 0 amide bonds. The van der Waals surface area contributed by atoms with E-state index in [1.807, 2.05) is 18.2 Å². The summed E-state index contributed by atoms with van der Waals surface area (Å²) in [5.41, 5.74) is 3.40. The highest BCUT2D eigenvalue weighted by atomic mass is 16.3. The van der Waals surface area contributed by atoms with Crippen LogP contribution in [0.3, 0.4) is 0 Å². The molecule has 2 heteroatoms. The van der Waals surface area contributed by atoms with Crippen LogP contribution in [0.2, 0.25) is 0 Å². The van der Waals surface area contributed by atoms with Crippen molar-refractivity contribution in [2.45, 2.75) is 26.2 Å². The van der Waals surface area contributed by atoms with Gasteiger partial charge in [0, 0.05) is 0 Å². The smallest absolute Gasteiger partial charge is 0.119 e. The van der Waals surface area contributed by atoms with Crippen molar-refractivity contribution in [3.8, 4) is 11.5 Å². The quantitative estimate of drug-likeness (QED) is 0.862. The van der Waals surface area contributed by atoms with E-state index >= 15 is 0 Å². The van der Waals surface area contributed by atoms with Crippen LogP contribution in [0.25, 0.3) is 0 Å². The summed E-state index contributed by atoms with van der Waals surface area (Å²) in [5.74, 6) is 0.670. The summed E-state index contributed by atoms with van der Waals surface area (Å²) in [5, 5.41) is 19.1. The molecule has 0 bridgehead atoms. The fourth-order valence-corrected chi connectivity index (χ4v) is 2.17. The van der Waals surface area contributed by atoms with Crippen LogP contribution in [-0.4, -0.2) is 10.2 Å². The van der Waals surface area contributed by atoms with E-state index in [0.717, 1.165) is 30.4 Å². The molecule has 0 radical (unpaired) electrons. The molecule has 0 aliphatic rings. The highest BCUT2D eigenvalue weighted by Crippen LogP contribution is 2.23. The van der Waals surface area contributed by atoms with Crippen LogP contribution in [0.15, 0.2) is 42.5 Å². The Labute approximate surface area is 108 Å². The van der Waals surface area contributed by atoms with Crippen LogP contribution in [0, 0.1) is 0 Å². The summed E-state index contributed by atoms with van der Waals surface area (Å²) in [7, 11) is 0. The molecule has 0 spiro atoms. The van der Waals surface area contributed by atoms with Gasteiger partial charge < -0.3 is 10.2 Å². The number of benzene rings is 2. The van der Waals surface area contributed by atoms with E-state index in [0.29, 0.717) is 5.75 Å². The first kappa shape index (κ1) is 12.5. The largest absolute Gasteiger partial charge is 0.508 e. The van der Waals surface area contributed by atoms with E-state index in [2.05, 4.69) is 13.0 Å². The molecule has 0 aliphatic carbocycles. The van der Waals surface area contributed by atoms with Gasteiger partial charge in [-0.15, -0.1) is 0 Å². The zero-order valence-corrected chi connectivity index (χ0v) is 10.6. The van der Waals surface area contributed by atoms with Gasteiger partial charge in [-0.05, 0) is 54.2 Å². The molecule has 0 saturated heterocycles. The number of aryl methyl sites for hydroxylation is 2. The first-order chi connectivity index (χ1) is 8.70. The highest BCUT2D eigenvalue weighted by molar-refractivity contribution is 5.40. The predicted octanol–water partition coefficient (Wildman–Crippen LogP) is 3.45. The summed E-state index contributed by atoms with van der Waals surface area (Å²) in [6.45, 7) is 2.10. The van der Waals surface area contributed by atoms with Crippen molar-refractivity contribution in [1.82, 2.24) is 0 Å². The summed E-state index contributed by atoms with van der Waals surface area (Å²) in [4.78, 5) is 0. The second kappa shape index (κ2) is 5.58. The molecule has 2 nitrogen and oxygen atoms in total. The molecular weight excluding hydrogens is 224 g/mol. The van der Waals surface area contributed by atoms with E-state index in [1.54, 1.807) is 18.2 Å². The van der Waals surface area contributed by atoms with Gasteiger partial charge in [0.05, 0.1) is 0 Å². The second-order valence-electron chi connectivity index (χ2n) is 4.43. The SMILES string of the molecule is CCc1cccc(O)c1CCc1ccc(O)cc1. The van der Waals surface area contributed by atoms with E-state index < -0.39 is 0 Å². The maximum absolute atomic E-state index is 9.90. The number of phenols is 2. The molecule has 2 N–H and O–H groups in total. The van der Waals surface area contributed by atoms with Gasteiger partial charge in [0.15, 0.2) is 0 Å².